The molecule has 4 nitrogen and oxygen atoms in total. The van der Waals surface area contributed by atoms with Crippen LogP contribution in [0.15, 0.2) is 24.3 Å². The molecule has 0 spiro atoms. The molecule has 1 fully saturated rings. The fraction of sp³-hybridized carbons (Fsp3) is 0.647. The highest BCUT2D eigenvalue weighted by atomic mass is 16.5. The van der Waals surface area contributed by atoms with Gasteiger partial charge in [-0.1, -0.05) is 18.6 Å². The zero-order valence-electron chi connectivity index (χ0n) is 12.8. The second kappa shape index (κ2) is 9.03. The summed E-state index contributed by atoms with van der Waals surface area (Å²) in [6, 6.07) is 8.55. The molecule has 0 amide bonds. The number of benzene rings is 1. The summed E-state index contributed by atoms with van der Waals surface area (Å²) >= 11 is 0. The average molecular weight is 292 g/mol. The van der Waals surface area contributed by atoms with Crippen LogP contribution in [0.4, 0.5) is 0 Å². The molecule has 0 aromatic heterocycles. The summed E-state index contributed by atoms with van der Waals surface area (Å²) in [6.07, 6.45) is 5.72. The van der Waals surface area contributed by atoms with Crippen LogP contribution in [-0.2, 0) is 6.54 Å². The fourth-order valence-corrected chi connectivity index (χ4v) is 3.05. The van der Waals surface area contributed by atoms with Gasteiger partial charge in [-0.15, -0.1) is 0 Å². The van der Waals surface area contributed by atoms with Crippen molar-refractivity contribution in [3.05, 3.63) is 29.8 Å². The van der Waals surface area contributed by atoms with Crippen molar-refractivity contribution < 1.29 is 9.84 Å². The molecule has 3 N–H and O–H groups in total. The molecule has 1 unspecified atom stereocenters. The van der Waals surface area contributed by atoms with Crippen LogP contribution in [0.1, 0.15) is 37.7 Å². The summed E-state index contributed by atoms with van der Waals surface area (Å²) in [5.41, 5.74) is 6.74. The molecule has 1 aromatic rings. The van der Waals surface area contributed by atoms with E-state index in [1.807, 2.05) is 24.3 Å². The van der Waals surface area contributed by atoms with Crippen LogP contribution in [0.3, 0.4) is 0 Å². The molecular formula is C17H28N2O2. The molecule has 1 heterocycles. The van der Waals surface area contributed by atoms with Crippen molar-refractivity contribution in [2.75, 3.05) is 26.3 Å². The number of hydrogen-bond donors (Lipinski definition) is 2. The van der Waals surface area contributed by atoms with E-state index in [1.165, 1.54) is 19.3 Å². The zero-order valence-corrected chi connectivity index (χ0v) is 12.8. The highest BCUT2D eigenvalue weighted by Crippen LogP contribution is 2.20. The van der Waals surface area contributed by atoms with Crippen LogP contribution in [0.25, 0.3) is 0 Å². The Hall–Kier alpha value is -1.10. The van der Waals surface area contributed by atoms with Crippen LogP contribution in [0.5, 0.6) is 5.75 Å². The largest absolute Gasteiger partial charge is 0.494 e. The van der Waals surface area contributed by atoms with E-state index < -0.39 is 0 Å². The number of ether oxygens (including phenoxy) is 1. The van der Waals surface area contributed by atoms with E-state index in [0.717, 1.165) is 43.9 Å². The van der Waals surface area contributed by atoms with Crippen molar-refractivity contribution in [3.63, 3.8) is 0 Å². The van der Waals surface area contributed by atoms with Gasteiger partial charge < -0.3 is 20.5 Å². The Morgan fingerprint density at radius 2 is 2.24 bits per heavy atom. The molecule has 1 atom stereocenters. The first kappa shape index (κ1) is 16.3. The quantitative estimate of drug-likeness (QED) is 0.721. The smallest absolute Gasteiger partial charge is 0.119 e. The van der Waals surface area contributed by atoms with Gasteiger partial charge in [-0.3, -0.25) is 0 Å². The average Bonchev–Trinajstić information content (AvgIpc) is 2.53. The number of hydrogen-bond acceptors (Lipinski definition) is 4. The molecule has 1 aliphatic heterocycles. The minimum absolute atomic E-state index is 0.295. The maximum absolute atomic E-state index is 9.14. The predicted octanol–water partition coefficient (Wildman–Crippen LogP) is 2.15. The third kappa shape index (κ3) is 5.30. The number of aliphatic hydroxyl groups excluding tert-OH is 1. The van der Waals surface area contributed by atoms with Crippen molar-refractivity contribution in [2.24, 2.45) is 5.73 Å². The lowest BCUT2D eigenvalue weighted by molar-refractivity contribution is 0.112. The molecule has 21 heavy (non-hydrogen) atoms. The summed E-state index contributed by atoms with van der Waals surface area (Å²) in [5, 5.41) is 9.14. The monoisotopic (exact) mass is 292 g/mol. The number of rotatable bonds is 8. The molecule has 0 radical (unpaired) electrons. The van der Waals surface area contributed by atoms with Gasteiger partial charge in [0.05, 0.1) is 6.61 Å². The number of nitrogens with zero attached hydrogens (tertiary/aromatic N) is 1. The Labute approximate surface area is 127 Å². The van der Waals surface area contributed by atoms with Gasteiger partial charge in [-0.2, -0.15) is 0 Å². The van der Waals surface area contributed by atoms with Crippen molar-refractivity contribution in [2.45, 2.75) is 44.7 Å². The van der Waals surface area contributed by atoms with Crippen molar-refractivity contribution in [3.8, 4) is 5.75 Å². The van der Waals surface area contributed by atoms with E-state index in [2.05, 4.69) is 4.90 Å². The van der Waals surface area contributed by atoms with Crippen molar-refractivity contribution >= 4 is 0 Å². The Balaban J connectivity index is 1.70. The van der Waals surface area contributed by atoms with E-state index in [4.69, 9.17) is 15.6 Å². The second-order valence-corrected chi connectivity index (χ2v) is 5.75. The molecule has 1 aromatic carbocycles. The van der Waals surface area contributed by atoms with Crippen LogP contribution in [-0.4, -0.2) is 42.4 Å². The Morgan fingerprint density at radius 3 is 3.05 bits per heavy atom. The minimum Gasteiger partial charge on any atom is -0.494 e. The highest BCUT2D eigenvalue weighted by molar-refractivity contribution is 5.28. The molecule has 0 saturated carbocycles. The summed E-state index contributed by atoms with van der Waals surface area (Å²) in [6.45, 7) is 3.79. The molecule has 0 bridgehead atoms. The summed E-state index contributed by atoms with van der Waals surface area (Å²) < 4.78 is 5.80. The van der Waals surface area contributed by atoms with Crippen LogP contribution in [0, 0.1) is 0 Å². The standard InChI is InChI=1S/C17H28N2O2/c18-14-15-5-3-7-17(13-15)21-12-4-10-19-9-2-1-6-16(19)8-11-20/h3,5,7,13,16,20H,1-2,4,6,8-12,14,18H2. The van der Waals surface area contributed by atoms with Gasteiger partial charge in [0.15, 0.2) is 0 Å². The van der Waals surface area contributed by atoms with Crippen LogP contribution in [0.2, 0.25) is 0 Å². The van der Waals surface area contributed by atoms with Gasteiger partial charge in [0.25, 0.3) is 0 Å². The fourth-order valence-electron chi connectivity index (χ4n) is 3.05. The first-order valence-electron chi connectivity index (χ1n) is 8.10. The summed E-state index contributed by atoms with van der Waals surface area (Å²) in [5.74, 6) is 0.906. The third-order valence-corrected chi connectivity index (χ3v) is 4.20. The Morgan fingerprint density at radius 1 is 1.33 bits per heavy atom. The number of nitrogens with two attached hydrogens (primary N) is 1. The molecule has 2 rings (SSSR count). The van der Waals surface area contributed by atoms with E-state index in [0.29, 0.717) is 19.2 Å². The molecule has 0 aliphatic carbocycles. The molecular weight excluding hydrogens is 264 g/mol. The van der Waals surface area contributed by atoms with Crippen LogP contribution >= 0.6 is 0 Å². The second-order valence-electron chi connectivity index (χ2n) is 5.75. The van der Waals surface area contributed by atoms with Gasteiger partial charge in [0.1, 0.15) is 5.75 Å². The molecule has 118 valence electrons. The lowest BCUT2D eigenvalue weighted by Gasteiger charge is -2.35. The van der Waals surface area contributed by atoms with Gasteiger partial charge in [-0.05, 0) is 49.9 Å². The van der Waals surface area contributed by atoms with E-state index in [1.54, 1.807) is 0 Å². The van der Waals surface area contributed by atoms with Crippen molar-refractivity contribution in [1.82, 2.24) is 4.90 Å². The number of likely N-dealkylation sites (tertiary alicyclic amines) is 1. The predicted molar refractivity (Wildman–Crippen MR) is 85.4 cm³/mol. The highest BCUT2D eigenvalue weighted by Gasteiger charge is 2.21. The zero-order chi connectivity index (χ0) is 14.9. The lowest BCUT2D eigenvalue weighted by atomic mass is 9.99. The van der Waals surface area contributed by atoms with Crippen LogP contribution < -0.4 is 10.5 Å². The minimum atomic E-state index is 0.295. The third-order valence-electron chi connectivity index (χ3n) is 4.20. The summed E-state index contributed by atoms with van der Waals surface area (Å²) in [7, 11) is 0. The van der Waals surface area contributed by atoms with Gasteiger partial charge in [0.2, 0.25) is 0 Å². The van der Waals surface area contributed by atoms with E-state index in [9.17, 15) is 0 Å². The molecule has 1 aliphatic rings. The van der Waals surface area contributed by atoms with Crippen molar-refractivity contribution in [1.29, 1.82) is 0 Å². The summed E-state index contributed by atoms with van der Waals surface area (Å²) in [4.78, 5) is 2.51. The topological polar surface area (TPSA) is 58.7 Å². The first-order chi connectivity index (χ1) is 10.3. The number of piperidine rings is 1. The van der Waals surface area contributed by atoms with Gasteiger partial charge >= 0.3 is 0 Å². The van der Waals surface area contributed by atoms with Gasteiger partial charge in [-0.25, -0.2) is 0 Å². The normalized spacial score (nSPS) is 19.6. The maximum Gasteiger partial charge on any atom is 0.119 e. The lowest BCUT2D eigenvalue weighted by Crippen LogP contribution is -2.40. The van der Waals surface area contributed by atoms with E-state index >= 15 is 0 Å². The van der Waals surface area contributed by atoms with Gasteiger partial charge in [0, 0.05) is 25.7 Å². The van der Waals surface area contributed by atoms with E-state index in [-0.39, 0.29) is 0 Å². The Bertz CT molecular complexity index is 410. The SMILES string of the molecule is NCc1cccc(OCCCN2CCCCC2CCO)c1. The molecule has 1 saturated heterocycles. The first-order valence-corrected chi connectivity index (χ1v) is 8.10. The molecule has 4 heteroatoms. The Kier molecular flexibility index (Phi) is 7.00. The maximum atomic E-state index is 9.14. The number of aliphatic hydroxyl groups is 1.